The van der Waals surface area contributed by atoms with Gasteiger partial charge in [0.15, 0.2) is 0 Å². The Morgan fingerprint density at radius 3 is 1.67 bits per heavy atom. The van der Waals surface area contributed by atoms with Crippen LogP contribution in [0.2, 0.25) is 0 Å². The molecule has 1 fully saturated rings. The molecule has 0 aromatic heterocycles. The van der Waals surface area contributed by atoms with E-state index in [2.05, 4.69) is 16.0 Å². The molecule has 1 saturated heterocycles. The number of hydrogen-bond acceptors (Lipinski definition) is 5. The maximum atomic E-state index is 13.0. The molecule has 0 saturated carbocycles. The van der Waals surface area contributed by atoms with E-state index >= 15 is 0 Å². The first-order valence-electron chi connectivity index (χ1n) is 12.6. The van der Waals surface area contributed by atoms with Crippen LogP contribution in [0.5, 0.6) is 0 Å². The summed E-state index contributed by atoms with van der Waals surface area (Å²) in [5, 5.41) is 8.07. The first kappa shape index (κ1) is 27.9. The lowest BCUT2D eigenvalue weighted by atomic mass is 10.1. The van der Waals surface area contributed by atoms with Gasteiger partial charge in [0, 0.05) is 48.6 Å². The molecule has 39 heavy (non-hydrogen) atoms. The predicted octanol–water partition coefficient (Wildman–Crippen LogP) is 3.41. The second-order valence-corrected chi connectivity index (χ2v) is 11.0. The Morgan fingerprint density at radius 2 is 1.13 bits per heavy atom. The van der Waals surface area contributed by atoms with Gasteiger partial charge in [-0.15, -0.1) is 0 Å². The fraction of sp³-hybridized carbons (Fsp3) is 0.250. The van der Waals surface area contributed by atoms with E-state index in [0.29, 0.717) is 35.5 Å². The molecule has 1 aliphatic heterocycles. The van der Waals surface area contributed by atoms with Crippen molar-refractivity contribution in [3.63, 3.8) is 0 Å². The van der Waals surface area contributed by atoms with Crippen LogP contribution < -0.4 is 16.0 Å². The van der Waals surface area contributed by atoms with Crippen LogP contribution in [0.3, 0.4) is 0 Å². The van der Waals surface area contributed by atoms with E-state index in [1.165, 1.54) is 52.8 Å². The van der Waals surface area contributed by atoms with Crippen molar-refractivity contribution in [3.8, 4) is 0 Å². The Kier molecular flexibility index (Phi) is 9.05. The minimum absolute atomic E-state index is 0.161. The number of amides is 3. The number of carbonyl (C=O) groups excluding carboxylic acids is 3. The molecule has 0 radical (unpaired) electrons. The normalized spacial score (nSPS) is 13.9. The summed E-state index contributed by atoms with van der Waals surface area (Å²) in [5.74, 6) is -1.57. The highest BCUT2D eigenvalue weighted by Gasteiger charge is 2.26. The first-order chi connectivity index (χ1) is 18.7. The van der Waals surface area contributed by atoms with E-state index in [0.717, 1.165) is 19.3 Å². The summed E-state index contributed by atoms with van der Waals surface area (Å²) in [6, 6.07) is 17.2. The van der Waals surface area contributed by atoms with Gasteiger partial charge in [-0.25, -0.2) is 12.8 Å². The van der Waals surface area contributed by atoms with Crippen molar-refractivity contribution in [2.45, 2.75) is 24.2 Å². The number of halogens is 1. The molecule has 1 heterocycles. The lowest BCUT2D eigenvalue weighted by molar-refractivity contribution is 0.0927. The third kappa shape index (κ3) is 7.27. The topological polar surface area (TPSA) is 125 Å². The van der Waals surface area contributed by atoms with Crippen LogP contribution in [0.4, 0.5) is 10.1 Å². The Hall–Kier alpha value is -4.09. The highest BCUT2D eigenvalue weighted by molar-refractivity contribution is 7.89. The number of anilines is 1. The van der Waals surface area contributed by atoms with E-state index in [9.17, 15) is 27.2 Å². The molecular formula is C28H29FN4O5S. The minimum Gasteiger partial charge on any atom is -0.350 e. The molecule has 3 aromatic carbocycles. The Morgan fingerprint density at radius 1 is 0.667 bits per heavy atom. The molecule has 4 rings (SSSR count). The largest absolute Gasteiger partial charge is 0.350 e. The molecule has 0 atom stereocenters. The second-order valence-electron chi connectivity index (χ2n) is 9.04. The lowest BCUT2D eigenvalue weighted by Crippen LogP contribution is -2.36. The monoisotopic (exact) mass is 552 g/mol. The first-order valence-corrected chi connectivity index (χ1v) is 14.0. The quantitative estimate of drug-likeness (QED) is 0.351. The highest BCUT2D eigenvalue weighted by Crippen LogP contribution is 2.21. The number of rotatable bonds is 9. The number of benzene rings is 3. The van der Waals surface area contributed by atoms with E-state index < -0.39 is 21.7 Å². The maximum absolute atomic E-state index is 13.0. The van der Waals surface area contributed by atoms with E-state index in [1.54, 1.807) is 24.3 Å². The van der Waals surface area contributed by atoms with Crippen molar-refractivity contribution in [3.05, 3.63) is 95.3 Å². The van der Waals surface area contributed by atoms with Crippen molar-refractivity contribution < 1.29 is 27.2 Å². The zero-order valence-corrected chi connectivity index (χ0v) is 22.0. The number of carbonyl (C=O) groups is 3. The van der Waals surface area contributed by atoms with Crippen LogP contribution in [-0.2, 0) is 10.0 Å². The molecule has 3 aromatic rings. The van der Waals surface area contributed by atoms with Gasteiger partial charge in [0.2, 0.25) is 10.0 Å². The second kappa shape index (κ2) is 12.6. The molecule has 11 heteroatoms. The van der Waals surface area contributed by atoms with Crippen LogP contribution >= 0.6 is 0 Å². The minimum atomic E-state index is -3.56. The maximum Gasteiger partial charge on any atom is 0.255 e. The summed E-state index contributed by atoms with van der Waals surface area (Å²) in [6.45, 7) is 1.36. The SMILES string of the molecule is O=C(NCCNC(=O)c1ccc(S(=O)(=O)N2CCCCC2)cc1)c1ccc(NC(=O)c2ccc(F)cc2)cc1. The molecular weight excluding hydrogens is 523 g/mol. The van der Waals surface area contributed by atoms with Gasteiger partial charge in [0.1, 0.15) is 5.82 Å². The third-order valence-electron chi connectivity index (χ3n) is 6.28. The van der Waals surface area contributed by atoms with Gasteiger partial charge >= 0.3 is 0 Å². The van der Waals surface area contributed by atoms with Crippen LogP contribution in [0.25, 0.3) is 0 Å². The van der Waals surface area contributed by atoms with Gasteiger partial charge in [-0.2, -0.15) is 4.31 Å². The van der Waals surface area contributed by atoms with Crippen LogP contribution in [0.1, 0.15) is 50.3 Å². The number of nitrogens with zero attached hydrogens (tertiary/aromatic N) is 1. The summed E-state index contributed by atoms with van der Waals surface area (Å²) in [5.41, 5.74) is 1.46. The molecule has 0 spiro atoms. The lowest BCUT2D eigenvalue weighted by Gasteiger charge is -2.25. The third-order valence-corrected chi connectivity index (χ3v) is 8.19. The van der Waals surface area contributed by atoms with E-state index in [4.69, 9.17) is 0 Å². The van der Waals surface area contributed by atoms with Crippen LogP contribution in [0.15, 0.2) is 77.7 Å². The fourth-order valence-corrected chi connectivity index (χ4v) is 5.62. The molecule has 3 N–H and O–H groups in total. The van der Waals surface area contributed by atoms with Crippen LogP contribution in [-0.4, -0.2) is 56.6 Å². The standard InChI is InChI=1S/C28H29FN4O5S/c29-23-10-4-22(5-11-23)28(36)32-24-12-6-20(7-13-24)26(34)30-16-17-31-27(35)21-8-14-25(15-9-21)39(37,38)33-18-2-1-3-19-33/h4-15H,1-3,16-19H2,(H,30,34)(H,31,35)(H,32,36). The van der Waals surface area contributed by atoms with Crippen LogP contribution in [0, 0.1) is 5.82 Å². The van der Waals surface area contributed by atoms with Crippen molar-refractivity contribution in [1.29, 1.82) is 0 Å². The number of sulfonamides is 1. The van der Waals surface area contributed by atoms with Gasteiger partial charge in [-0.05, 0) is 85.6 Å². The summed E-state index contributed by atoms with van der Waals surface area (Å²) < 4.78 is 40.0. The molecule has 0 unspecified atom stereocenters. The van der Waals surface area contributed by atoms with Crippen molar-refractivity contribution in [1.82, 2.24) is 14.9 Å². The smallest absolute Gasteiger partial charge is 0.255 e. The predicted molar refractivity (Wildman–Crippen MR) is 145 cm³/mol. The number of piperidine rings is 1. The molecule has 204 valence electrons. The molecule has 0 bridgehead atoms. The zero-order valence-electron chi connectivity index (χ0n) is 21.2. The Bertz CT molecular complexity index is 1420. The summed E-state index contributed by atoms with van der Waals surface area (Å²) >= 11 is 0. The van der Waals surface area contributed by atoms with Gasteiger partial charge in [0.05, 0.1) is 4.90 Å². The average molecular weight is 553 g/mol. The molecule has 0 aliphatic carbocycles. The van der Waals surface area contributed by atoms with Gasteiger partial charge in [-0.1, -0.05) is 6.42 Å². The van der Waals surface area contributed by atoms with E-state index in [1.807, 2.05) is 0 Å². The summed E-state index contributed by atoms with van der Waals surface area (Å²) in [4.78, 5) is 37.2. The van der Waals surface area contributed by atoms with Crippen molar-refractivity contribution >= 4 is 33.4 Å². The Balaban J connectivity index is 1.21. The van der Waals surface area contributed by atoms with Gasteiger partial charge < -0.3 is 16.0 Å². The summed E-state index contributed by atoms with van der Waals surface area (Å²) in [7, 11) is -3.56. The molecule has 3 amide bonds. The van der Waals surface area contributed by atoms with Crippen molar-refractivity contribution in [2.75, 3.05) is 31.5 Å². The van der Waals surface area contributed by atoms with Crippen molar-refractivity contribution in [2.24, 2.45) is 0 Å². The number of hydrogen-bond donors (Lipinski definition) is 3. The average Bonchev–Trinajstić information content (AvgIpc) is 2.96. The van der Waals surface area contributed by atoms with Gasteiger partial charge in [0.25, 0.3) is 17.7 Å². The van der Waals surface area contributed by atoms with E-state index in [-0.39, 0.29) is 29.8 Å². The Labute approximate surface area is 226 Å². The zero-order chi connectivity index (χ0) is 27.8. The molecule has 1 aliphatic rings. The van der Waals surface area contributed by atoms with Gasteiger partial charge in [-0.3, -0.25) is 14.4 Å². The summed E-state index contributed by atoms with van der Waals surface area (Å²) in [6.07, 6.45) is 2.72. The number of nitrogens with one attached hydrogen (secondary N) is 3. The fourth-order valence-electron chi connectivity index (χ4n) is 4.10. The molecule has 9 nitrogen and oxygen atoms in total. The highest BCUT2D eigenvalue weighted by atomic mass is 32.2.